The molecule has 1 aliphatic heterocycles. The highest BCUT2D eigenvalue weighted by molar-refractivity contribution is 6.30. The summed E-state index contributed by atoms with van der Waals surface area (Å²) in [7, 11) is 0. The molecule has 1 amide bonds. The van der Waals surface area contributed by atoms with Crippen molar-refractivity contribution in [2.45, 2.75) is 6.18 Å². The van der Waals surface area contributed by atoms with Gasteiger partial charge in [0.2, 0.25) is 11.9 Å². The number of nitrogens with two attached hydrogens (primary N) is 1. The zero-order valence-electron chi connectivity index (χ0n) is 9.56. The standard InChI is InChI=1S/C10H10ClF3N4O/c11-5-1-16-9(17-2-5)18-3-6(8(15)19)7(4-18)10(12,13)14/h1-2,6-7H,3-4H2,(H2,15,19)/t6-,7-/m1/s1. The lowest BCUT2D eigenvalue weighted by Gasteiger charge is -2.18. The first-order chi connectivity index (χ1) is 8.79. The van der Waals surface area contributed by atoms with Crippen LogP contribution in [0.1, 0.15) is 0 Å². The van der Waals surface area contributed by atoms with Gasteiger partial charge in [0, 0.05) is 13.1 Å². The second-order valence-corrected chi connectivity index (χ2v) is 4.70. The molecule has 19 heavy (non-hydrogen) atoms. The van der Waals surface area contributed by atoms with Gasteiger partial charge in [-0.1, -0.05) is 11.6 Å². The van der Waals surface area contributed by atoms with Gasteiger partial charge in [0.25, 0.3) is 0 Å². The van der Waals surface area contributed by atoms with Crippen molar-refractivity contribution >= 4 is 23.5 Å². The molecular formula is C10H10ClF3N4O. The van der Waals surface area contributed by atoms with Gasteiger partial charge < -0.3 is 10.6 Å². The predicted molar refractivity (Wildman–Crippen MR) is 61.5 cm³/mol. The van der Waals surface area contributed by atoms with Crippen LogP contribution in [0.5, 0.6) is 0 Å². The van der Waals surface area contributed by atoms with E-state index in [-0.39, 0.29) is 17.5 Å². The van der Waals surface area contributed by atoms with Crippen molar-refractivity contribution in [3.05, 3.63) is 17.4 Å². The van der Waals surface area contributed by atoms with E-state index in [4.69, 9.17) is 17.3 Å². The van der Waals surface area contributed by atoms with Crippen molar-refractivity contribution in [2.24, 2.45) is 17.6 Å². The number of aromatic nitrogens is 2. The van der Waals surface area contributed by atoms with Crippen LogP contribution in [0.3, 0.4) is 0 Å². The monoisotopic (exact) mass is 294 g/mol. The number of hydrogen-bond acceptors (Lipinski definition) is 4. The molecule has 2 rings (SSSR count). The molecule has 1 aromatic rings. The summed E-state index contributed by atoms with van der Waals surface area (Å²) in [4.78, 5) is 20.1. The molecule has 2 heterocycles. The Morgan fingerprint density at radius 1 is 1.37 bits per heavy atom. The van der Waals surface area contributed by atoms with Crippen molar-refractivity contribution in [3.8, 4) is 0 Å². The van der Waals surface area contributed by atoms with Crippen LogP contribution in [0.25, 0.3) is 0 Å². The Bertz CT molecular complexity index is 479. The van der Waals surface area contributed by atoms with Crippen molar-refractivity contribution < 1.29 is 18.0 Å². The molecule has 0 saturated carbocycles. The maximum absolute atomic E-state index is 12.8. The number of halogens is 4. The highest BCUT2D eigenvalue weighted by Crippen LogP contribution is 2.38. The lowest BCUT2D eigenvalue weighted by atomic mass is 9.95. The number of carbonyl (C=O) groups is 1. The minimum atomic E-state index is -4.49. The zero-order chi connectivity index (χ0) is 14.2. The van der Waals surface area contributed by atoms with E-state index >= 15 is 0 Å². The minimum absolute atomic E-state index is 0.0994. The number of anilines is 1. The molecule has 5 nitrogen and oxygen atoms in total. The van der Waals surface area contributed by atoms with Gasteiger partial charge in [0.05, 0.1) is 29.3 Å². The third-order valence-corrected chi connectivity index (χ3v) is 3.19. The molecule has 9 heteroatoms. The van der Waals surface area contributed by atoms with Crippen molar-refractivity contribution in [3.63, 3.8) is 0 Å². The van der Waals surface area contributed by atoms with Crippen LogP contribution in [0.15, 0.2) is 12.4 Å². The van der Waals surface area contributed by atoms with Crippen LogP contribution in [0, 0.1) is 11.8 Å². The van der Waals surface area contributed by atoms with E-state index < -0.39 is 30.5 Å². The number of carbonyl (C=O) groups excluding carboxylic acids is 1. The van der Waals surface area contributed by atoms with Crippen LogP contribution in [-0.4, -0.2) is 35.1 Å². The fourth-order valence-corrected chi connectivity index (χ4v) is 2.15. The number of rotatable bonds is 2. The second kappa shape index (κ2) is 4.84. The minimum Gasteiger partial charge on any atom is -0.369 e. The van der Waals surface area contributed by atoms with Crippen LogP contribution in [0.4, 0.5) is 19.1 Å². The second-order valence-electron chi connectivity index (χ2n) is 4.26. The van der Waals surface area contributed by atoms with Gasteiger partial charge in [-0.3, -0.25) is 4.79 Å². The normalized spacial score (nSPS) is 23.7. The summed E-state index contributed by atoms with van der Waals surface area (Å²) in [5.74, 6) is -3.97. The smallest absolute Gasteiger partial charge is 0.369 e. The van der Waals surface area contributed by atoms with Crippen LogP contribution in [-0.2, 0) is 4.79 Å². The molecule has 104 valence electrons. The molecule has 0 spiro atoms. The number of nitrogens with zero attached hydrogens (tertiary/aromatic N) is 3. The summed E-state index contributed by atoms with van der Waals surface area (Å²) in [6, 6.07) is 0. The summed E-state index contributed by atoms with van der Waals surface area (Å²) >= 11 is 5.60. The molecule has 1 aliphatic rings. The molecule has 2 N–H and O–H groups in total. The molecule has 0 aliphatic carbocycles. The van der Waals surface area contributed by atoms with Gasteiger partial charge in [-0.15, -0.1) is 0 Å². The molecular weight excluding hydrogens is 285 g/mol. The first-order valence-electron chi connectivity index (χ1n) is 5.37. The van der Waals surface area contributed by atoms with Gasteiger partial charge in [0.15, 0.2) is 0 Å². The first-order valence-corrected chi connectivity index (χ1v) is 5.75. The molecule has 0 aromatic carbocycles. The van der Waals surface area contributed by atoms with Gasteiger partial charge >= 0.3 is 6.18 Å². The summed E-state index contributed by atoms with van der Waals surface area (Å²) in [5.41, 5.74) is 5.02. The average Bonchev–Trinajstić information content (AvgIpc) is 2.74. The number of hydrogen-bond donors (Lipinski definition) is 1. The molecule has 1 saturated heterocycles. The largest absolute Gasteiger partial charge is 0.394 e. The van der Waals surface area contributed by atoms with E-state index in [0.29, 0.717) is 0 Å². The Kier molecular flexibility index (Phi) is 3.53. The third kappa shape index (κ3) is 2.89. The van der Waals surface area contributed by atoms with Crippen molar-refractivity contribution in [2.75, 3.05) is 18.0 Å². The van der Waals surface area contributed by atoms with Crippen LogP contribution in [0.2, 0.25) is 5.02 Å². The maximum Gasteiger partial charge on any atom is 0.394 e. The maximum atomic E-state index is 12.8. The zero-order valence-corrected chi connectivity index (χ0v) is 10.3. The Morgan fingerprint density at radius 3 is 2.37 bits per heavy atom. The molecule has 2 atom stereocenters. The lowest BCUT2D eigenvalue weighted by Crippen LogP contribution is -2.37. The van der Waals surface area contributed by atoms with Crippen LogP contribution >= 0.6 is 11.6 Å². The van der Waals surface area contributed by atoms with E-state index in [1.807, 2.05) is 0 Å². The first kappa shape index (κ1) is 13.9. The van der Waals surface area contributed by atoms with E-state index in [1.54, 1.807) is 0 Å². The Balaban J connectivity index is 2.23. The molecule has 0 unspecified atom stereocenters. The van der Waals surface area contributed by atoms with E-state index in [2.05, 4.69) is 9.97 Å². The summed E-state index contributed by atoms with van der Waals surface area (Å²) in [6.45, 7) is -0.542. The molecule has 0 bridgehead atoms. The Hall–Kier alpha value is -1.57. The highest BCUT2D eigenvalue weighted by Gasteiger charge is 2.52. The summed E-state index contributed by atoms with van der Waals surface area (Å²) < 4.78 is 38.5. The summed E-state index contributed by atoms with van der Waals surface area (Å²) in [5, 5.41) is 0.279. The van der Waals surface area contributed by atoms with Crippen LogP contribution < -0.4 is 10.6 Å². The fraction of sp³-hybridized carbons (Fsp3) is 0.500. The lowest BCUT2D eigenvalue weighted by molar-refractivity contribution is -0.181. The number of amides is 1. The highest BCUT2D eigenvalue weighted by atomic mass is 35.5. The van der Waals surface area contributed by atoms with Crippen molar-refractivity contribution in [1.82, 2.24) is 9.97 Å². The summed E-state index contributed by atoms with van der Waals surface area (Å²) in [6.07, 6.45) is -1.92. The Morgan fingerprint density at radius 2 is 1.95 bits per heavy atom. The molecule has 0 radical (unpaired) electrons. The average molecular weight is 295 g/mol. The van der Waals surface area contributed by atoms with E-state index in [9.17, 15) is 18.0 Å². The number of alkyl halides is 3. The predicted octanol–water partition coefficient (Wildman–Crippen LogP) is 1.23. The molecule has 1 fully saturated rings. The molecule has 1 aromatic heterocycles. The number of primary amides is 1. The quantitative estimate of drug-likeness (QED) is 0.890. The van der Waals surface area contributed by atoms with Gasteiger partial charge in [-0.05, 0) is 0 Å². The third-order valence-electron chi connectivity index (χ3n) is 3.00. The van der Waals surface area contributed by atoms with Crippen molar-refractivity contribution in [1.29, 1.82) is 0 Å². The Labute approximate surface area is 111 Å². The fourth-order valence-electron chi connectivity index (χ4n) is 2.06. The van der Waals surface area contributed by atoms with Gasteiger partial charge in [-0.25, -0.2) is 9.97 Å². The van der Waals surface area contributed by atoms with E-state index in [0.717, 1.165) is 0 Å². The van der Waals surface area contributed by atoms with Gasteiger partial charge in [0.1, 0.15) is 0 Å². The van der Waals surface area contributed by atoms with E-state index in [1.165, 1.54) is 17.3 Å². The topological polar surface area (TPSA) is 72.1 Å². The van der Waals surface area contributed by atoms with Gasteiger partial charge in [-0.2, -0.15) is 13.2 Å². The SMILES string of the molecule is NC(=O)[C@@H]1CN(c2ncc(Cl)cn2)C[C@H]1C(F)(F)F.